The number of amides is 1. The second-order valence-electron chi connectivity index (χ2n) is 4.34. The van der Waals surface area contributed by atoms with Crippen molar-refractivity contribution in [1.82, 2.24) is 0 Å². The van der Waals surface area contributed by atoms with Crippen LogP contribution in [0.25, 0.3) is 0 Å². The van der Waals surface area contributed by atoms with Crippen LogP contribution in [0.3, 0.4) is 0 Å². The van der Waals surface area contributed by atoms with Crippen LogP contribution in [0, 0.1) is 22.9 Å². The zero-order valence-corrected chi connectivity index (χ0v) is 11.6. The Morgan fingerprint density at radius 1 is 1.29 bits per heavy atom. The number of halogens is 2. The molecule has 1 amide bonds. The summed E-state index contributed by atoms with van der Waals surface area (Å²) in [6, 6.07) is 7.95. The summed E-state index contributed by atoms with van der Waals surface area (Å²) < 4.78 is 13.5. The van der Waals surface area contributed by atoms with Crippen molar-refractivity contribution in [3.63, 3.8) is 0 Å². The number of anilines is 1. The minimum atomic E-state index is -1.06. The van der Waals surface area contributed by atoms with E-state index in [1.54, 1.807) is 25.1 Å². The van der Waals surface area contributed by atoms with Crippen molar-refractivity contribution < 1.29 is 14.1 Å². The van der Waals surface area contributed by atoms with Gasteiger partial charge < -0.3 is 5.32 Å². The van der Waals surface area contributed by atoms with Gasteiger partial charge in [0.15, 0.2) is 0 Å². The molecule has 0 spiro atoms. The average Bonchev–Trinajstić information content (AvgIpc) is 2.42. The van der Waals surface area contributed by atoms with Crippen LogP contribution in [0.15, 0.2) is 36.4 Å². The van der Waals surface area contributed by atoms with E-state index in [4.69, 9.17) is 11.6 Å². The van der Waals surface area contributed by atoms with Gasteiger partial charge in [0.05, 0.1) is 4.92 Å². The fourth-order valence-electron chi connectivity index (χ4n) is 1.72. The molecule has 0 bridgehead atoms. The summed E-state index contributed by atoms with van der Waals surface area (Å²) in [7, 11) is 0. The van der Waals surface area contributed by atoms with Crippen LogP contribution in [0.2, 0.25) is 5.02 Å². The molecular formula is C14H10ClFN2O3. The molecule has 0 saturated carbocycles. The van der Waals surface area contributed by atoms with Gasteiger partial charge in [-0.3, -0.25) is 14.9 Å². The Kier molecular flexibility index (Phi) is 4.18. The van der Waals surface area contributed by atoms with E-state index in [9.17, 15) is 19.3 Å². The molecule has 0 saturated heterocycles. The Bertz CT molecular complexity index is 734. The number of nitrogens with zero attached hydrogens (tertiary/aromatic N) is 1. The number of hydrogen-bond donors (Lipinski definition) is 1. The predicted molar refractivity (Wildman–Crippen MR) is 77.2 cm³/mol. The number of benzene rings is 2. The van der Waals surface area contributed by atoms with E-state index in [1.807, 2.05) is 0 Å². The van der Waals surface area contributed by atoms with Crippen LogP contribution in [0.1, 0.15) is 15.9 Å². The molecule has 0 aliphatic carbocycles. The third-order valence-electron chi connectivity index (χ3n) is 2.85. The Hall–Kier alpha value is -2.47. The number of nitro groups is 1. The molecule has 7 heteroatoms. The molecule has 0 aromatic heterocycles. The van der Waals surface area contributed by atoms with Crippen molar-refractivity contribution in [3.8, 4) is 0 Å². The Balaban J connectivity index is 2.26. The highest BCUT2D eigenvalue weighted by Gasteiger charge is 2.17. The summed E-state index contributed by atoms with van der Waals surface area (Å²) in [5.74, 6) is -1.63. The van der Waals surface area contributed by atoms with E-state index in [1.165, 1.54) is 6.07 Å². The fraction of sp³-hybridized carbons (Fsp3) is 0.0714. The van der Waals surface area contributed by atoms with Gasteiger partial charge in [0, 0.05) is 22.3 Å². The zero-order valence-electron chi connectivity index (χ0n) is 10.9. The number of aryl methyl sites for hydroxylation is 1. The number of rotatable bonds is 3. The smallest absolute Gasteiger partial charge is 0.304 e. The first kappa shape index (κ1) is 14.9. The summed E-state index contributed by atoms with van der Waals surface area (Å²) in [5.41, 5.74) is 0.587. The van der Waals surface area contributed by atoms with E-state index in [-0.39, 0.29) is 5.56 Å². The Labute approximate surface area is 124 Å². The lowest BCUT2D eigenvalue weighted by molar-refractivity contribution is -0.387. The second kappa shape index (κ2) is 5.88. The van der Waals surface area contributed by atoms with E-state index < -0.39 is 22.3 Å². The molecule has 0 atom stereocenters. The second-order valence-corrected chi connectivity index (χ2v) is 4.77. The molecule has 1 N–H and O–H groups in total. The molecule has 0 heterocycles. The van der Waals surface area contributed by atoms with Gasteiger partial charge in [-0.15, -0.1) is 0 Å². The van der Waals surface area contributed by atoms with Gasteiger partial charge in [-0.25, -0.2) is 0 Å². The van der Waals surface area contributed by atoms with Crippen molar-refractivity contribution in [1.29, 1.82) is 0 Å². The Morgan fingerprint density at radius 2 is 2.00 bits per heavy atom. The topological polar surface area (TPSA) is 72.2 Å². The summed E-state index contributed by atoms with van der Waals surface area (Å²) in [4.78, 5) is 21.7. The number of nitro benzene ring substituents is 1. The third kappa shape index (κ3) is 3.35. The van der Waals surface area contributed by atoms with Crippen LogP contribution in [0.4, 0.5) is 15.8 Å². The van der Waals surface area contributed by atoms with Gasteiger partial charge in [0.25, 0.3) is 5.91 Å². The number of carbonyl (C=O) groups is 1. The minimum absolute atomic E-state index is 0.0162. The summed E-state index contributed by atoms with van der Waals surface area (Å²) in [6.07, 6.45) is 0. The first-order chi connectivity index (χ1) is 9.88. The molecule has 0 aliphatic heterocycles. The maximum absolute atomic E-state index is 13.5. The zero-order chi connectivity index (χ0) is 15.6. The SMILES string of the molecule is Cc1ccc(Cl)cc1NC(=O)c1ccc([N+](=O)[O-])c(F)c1. The van der Waals surface area contributed by atoms with E-state index in [2.05, 4.69) is 5.32 Å². The van der Waals surface area contributed by atoms with Crippen LogP contribution < -0.4 is 5.32 Å². The number of hydrogen-bond acceptors (Lipinski definition) is 3. The molecule has 2 aromatic rings. The maximum Gasteiger partial charge on any atom is 0.304 e. The van der Waals surface area contributed by atoms with Gasteiger partial charge >= 0.3 is 5.69 Å². The van der Waals surface area contributed by atoms with Gasteiger partial charge in [-0.2, -0.15) is 4.39 Å². The maximum atomic E-state index is 13.5. The largest absolute Gasteiger partial charge is 0.322 e. The minimum Gasteiger partial charge on any atom is -0.322 e. The molecule has 0 fully saturated rings. The standard InChI is InChI=1S/C14H10ClFN2O3/c1-8-2-4-10(15)7-12(8)17-14(19)9-3-5-13(18(20)21)11(16)6-9/h2-7H,1H3,(H,17,19). The van der Waals surface area contributed by atoms with Crippen molar-refractivity contribution >= 4 is 28.9 Å². The normalized spacial score (nSPS) is 10.2. The molecule has 2 rings (SSSR count). The molecule has 5 nitrogen and oxygen atoms in total. The van der Waals surface area contributed by atoms with Gasteiger partial charge in [-0.05, 0) is 36.8 Å². The van der Waals surface area contributed by atoms with Gasteiger partial charge in [-0.1, -0.05) is 17.7 Å². The highest BCUT2D eigenvalue weighted by atomic mass is 35.5. The first-order valence-electron chi connectivity index (χ1n) is 5.90. The highest BCUT2D eigenvalue weighted by molar-refractivity contribution is 6.31. The summed E-state index contributed by atoms with van der Waals surface area (Å²) >= 11 is 5.84. The van der Waals surface area contributed by atoms with Crippen LogP contribution >= 0.6 is 11.6 Å². The fourth-order valence-corrected chi connectivity index (χ4v) is 1.89. The quantitative estimate of drug-likeness (QED) is 0.689. The van der Waals surface area contributed by atoms with Gasteiger partial charge in [0.1, 0.15) is 0 Å². The van der Waals surface area contributed by atoms with E-state index >= 15 is 0 Å². The van der Waals surface area contributed by atoms with Gasteiger partial charge in [0.2, 0.25) is 5.82 Å². The van der Waals surface area contributed by atoms with E-state index in [0.29, 0.717) is 10.7 Å². The molecule has 108 valence electrons. The van der Waals surface area contributed by atoms with Crippen molar-refractivity contribution in [2.75, 3.05) is 5.32 Å². The molecule has 0 unspecified atom stereocenters. The van der Waals surface area contributed by atoms with Crippen molar-refractivity contribution in [2.45, 2.75) is 6.92 Å². The number of carbonyl (C=O) groups excluding carboxylic acids is 1. The van der Waals surface area contributed by atoms with Crippen molar-refractivity contribution in [2.24, 2.45) is 0 Å². The number of nitrogens with one attached hydrogen (secondary N) is 1. The highest BCUT2D eigenvalue weighted by Crippen LogP contribution is 2.22. The molecule has 21 heavy (non-hydrogen) atoms. The summed E-state index contributed by atoms with van der Waals surface area (Å²) in [6.45, 7) is 1.78. The third-order valence-corrected chi connectivity index (χ3v) is 3.09. The van der Waals surface area contributed by atoms with Crippen LogP contribution in [-0.2, 0) is 0 Å². The molecule has 2 aromatic carbocycles. The monoisotopic (exact) mass is 308 g/mol. The lowest BCUT2D eigenvalue weighted by Crippen LogP contribution is -2.13. The summed E-state index contributed by atoms with van der Waals surface area (Å²) in [5, 5.41) is 13.6. The molecule has 0 aliphatic rings. The molecule has 0 radical (unpaired) electrons. The Morgan fingerprint density at radius 3 is 2.62 bits per heavy atom. The predicted octanol–water partition coefficient (Wildman–Crippen LogP) is 3.95. The van der Waals surface area contributed by atoms with Crippen LogP contribution in [-0.4, -0.2) is 10.8 Å². The van der Waals surface area contributed by atoms with Crippen molar-refractivity contribution in [3.05, 3.63) is 68.5 Å². The lowest BCUT2D eigenvalue weighted by Gasteiger charge is -2.09. The lowest BCUT2D eigenvalue weighted by atomic mass is 10.1. The first-order valence-corrected chi connectivity index (χ1v) is 6.27. The van der Waals surface area contributed by atoms with Crippen LogP contribution in [0.5, 0.6) is 0 Å². The average molecular weight is 309 g/mol. The van der Waals surface area contributed by atoms with E-state index in [0.717, 1.165) is 17.7 Å². The molecular weight excluding hydrogens is 299 g/mol.